The molecule has 0 radical (unpaired) electrons. The van der Waals surface area contributed by atoms with E-state index in [4.69, 9.17) is 9.47 Å². The van der Waals surface area contributed by atoms with Crippen LogP contribution in [0.4, 0.5) is 0 Å². The van der Waals surface area contributed by atoms with Crippen LogP contribution in [-0.4, -0.2) is 43.2 Å². The van der Waals surface area contributed by atoms with E-state index in [2.05, 4.69) is 48.9 Å². The smallest absolute Gasteiger partial charge is 0.119 e. The molecule has 0 saturated carbocycles. The normalized spacial score (nSPS) is 19.0. The Labute approximate surface area is 150 Å². The predicted molar refractivity (Wildman–Crippen MR) is 101 cm³/mol. The number of aromatic nitrogens is 1. The zero-order chi connectivity index (χ0) is 17.9. The SMILES string of the molecule is COc1cccc(-c2ccc([C@@H]3CN(CC(C)(C)C)CCO3)nc2)c1. The minimum Gasteiger partial charge on any atom is -0.497 e. The van der Waals surface area contributed by atoms with Gasteiger partial charge in [-0.05, 0) is 29.2 Å². The number of hydrogen-bond acceptors (Lipinski definition) is 4. The minimum absolute atomic E-state index is 0.0514. The summed E-state index contributed by atoms with van der Waals surface area (Å²) in [6, 6.07) is 12.2. The maximum atomic E-state index is 5.97. The summed E-state index contributed by atoms with van der Waals surface area (Å²) < 4.78 is 11.3. The van der Waals surface area contributed by atoms with Gasteiger partial charge in [-0.2, -0.15) is 0 Å². The van der Waals surface area contributed by atoms with Crippen molar-refractivity contribution < 1.29 is 9.47 Å². The van der Waals surface area contributed by atoms with Crippen LogP contribution in [-0.2, 0) is 4.74 Å². The van der Waals surface area contributed by atoms with Crippen LogP contribution in [0.15, 0.2) is 42.6 Å². The summed E-state index contributed by atoms with van der Waals surface area (Å²) in [5, 5.41) is 0. The first-order chi connectivity index (χ1) is 11.9. The number of ether oxygens (including phenoxy) is 2. The molecule has 25 heavy (non-hydrogen) atoms. The molecular formula is C21H28N2O2. The molecular weight excluding hydrogens is 312 g/mol. The molecule has 0 spiro atoms. The predicted octanol–water partition coefficient (Wildman–Crippen LogP) is 4.18. The molecule has 0 N–H and O–H groups in total. The summed E-state index contributed by atoms with van der Waals surface area (Å²) in [6.07, 6.45) is 1.98. The van der Waals surface area contributed by atoms with Gasteiger partial charge in [0.05, 0.1) is 19.4 Å². The monoisotopic (exact) mass is 340 g/mol. The molecule has 0 bridgehead atoms. The Morgan fingerprint density at radius 1 is 1.20 bits per heavy atom. The van der Waals surface area contributed by atoms with Crippen molar-refractivity contribution >= 4 is 0 Å². The molecule has 4 nitrogen and oxygen atoms in total. The van der Waals surface area contributed by atoms with E-state index in [1.54, 1.807) is 7.11 Å². The van der Waals surface area contributed by atoms with Crippen LogP contribution in [0.1, 0.15) is 32.6 Å². The summed E-state index contributed by atoms with van der Waals surface area (Å²) in [6.45, 7) is 10.6. The maximum absolute atomic E-state index is 5.97. The van der Waals surface area contributed by atoms with Gasteiger partial charge >= 0.3 is 0 Å². The number of hydrogen-bond donors (Lipinski definition) is 0. The lowest BCUT2D eigenvalue weighted by atomic mass is 9.95. The standard InChI is InChI=1S/C21H28N2O2/c1-21(2,3)15-23-10-11-25-20(14-23)19-9-8-17(13-22-19)16-6-5-7-18(12-16)24-4/h5-9,12-13,20H,10-11,14-15H2,1-4H3/t20-/m0/s1. The van der Waals surface area contributed by atoms with Gasteiger partial charge in [0.2, 0.25) is 0 Å². The van der Waals surface area contributed by atoms with Gasteiger partial charge in [-0.25, -0.2) is 0 Å². The Balaban J connectivity index is 1.71. The molecule has 3 rings (SSSR count). The van der Waals surface area contributed by atoms with Crippen LogP contribution < -0.4 is 4.74 Å². The fraction of sp³-hybridized carbons (Fsp3) is 0.476. The molecule has 1 aromatic carbocycles. The van der Waals surface area contributed by atoms with Crippen LogP contribution in [0.25, 0.3) is 11.1 Å². The second kappa shape index (κ2) is 7.54. The number of pyridine rings is 1. The zero-order valence-corrected chi connectivity index (χ0v) is 15.7. The van der Waals surface area contributed by atoms with E-state index in [-0.39, 0.29) is 6.10 Å². The van der Waals surface area contributed by atoms with Crippen LogP contribution in [0, 0.1) is 5.41 Å². The second-order valence-corrected chi connectivity index (χ2v) is 7.86. The highest BCUT2D eigenvalue weighted by Gasteiger charge is 2.25. The zero-order valence-electron chi connectivity index (χ0n) is 15.7. The highest BCUT2D eigenvalue weighted by molar-refractivity contribution is 5.64. The molecule has 1 fully saturated rings. The third-order valence-electron chi connectivity index (χ3n) is 4.37. The van der Waals surface area contributed by atoms with Gasteiger partial charge < -0.3 is 9.47 Å². The average Bonchev–Trinajstić information content (AvgIpc) is 2.61. The highest BCUT2D eigenvalue weighted by Crippen LogP contribution is 2.27. The molecule has 1 saturated heterocycles. The summed E-state index contributed by atoms with van der Waals surface area (Å²) in [4.78, 5) is 7.15. The number of morpholine rings is 1. The van der Waals surface area contributed by atoms with Gasteiger partial charge in [-0.1, -0.05) is 39.0 Å². The first kappa shape index (κ1) is 17.9. The molecule has 1 aliphatic rings. The minimum atomic E-state index is 0.0514. The number of methoxy groups -OCH3 is 1. The van der Waals surface area contributed by atoms with Crippen molar-refractivity contribution in [3.8, 4) is 16.9 Å². The third-order valence-corrected chi connectivity index (χ3v) is 4.37. The Hall–Kier alpha value is -1.91. The van der Waals surface area contributed by atoms with Crippen molar-refractivity contribution in [1.29, 1.82) is 0 Å². The van der Waals surface area contributed by atoms with Crippen molar-refractivity contribution in [1.82, 2.24) is 9.88 Å². The lowest BCUT2D eigenvalue weighted by Crippen LogP contribution is -2.42. The summed E-state index contributed by atoms with van der Waals surface area (Å²) in [7, 11) is 1.68. The molecule has 134 valence electrons. The summed E-state index contributed by atoms with van der Waals surface area (Å²) in [5.74, 6) is 0.856. The van der Waals surface area contributed by atoms with E-state index in [0.717, 1.165) is 48.8 Å². The Bertz CT molecular complexity index is 692. The van der Waals surface area contributed by atoms with Crippen molar-refractivity contribution in [2.24, 2.45) is 5.41 Å². The average molecular weight is 340 g/mol. The second-order valence-electron chi connectivity index (χ2n) is 7.86. The highest BCUT2D eigenvalue weighted by atomic mass is 16.5. The molecule has 1 aromatic heterocycles. The van der Waals surface area contributed by atoms with Crippen molar-refractivity contribution in [3.05, 3.63) is 48.3 Å². The van der Waals surface area contributed by atoms with Crippen molar-refractivity contribution in [2.45, 2.75) is 26.9 Å². The van der Waals surface area contributed by atoms with Gasteiger partial charge in [0.1, 0.15) is 11.9 Å². The number of rotatable bonds is 4. The fourth-order valence-corrected chi connectivity index (χ4v) is 3.27. The molecule has 4 heteroatoms. The van der Waals surface area contributed by atoms with Gasteiger partial charge in [0, 0.05) is 31.4 Å². The Kier molecular flexibility index (Phi) is 5.40. The van der Waals surface area contributed by atoms with Gasteiger partial charge in [0.25, 0.3) is 0 Å². The summed E-state index contributed by atoms with van der Waals surface area (Å²) >= 11 is 0. The van der Waals surface area contributed by atoms with Crippen molar-refractivity contribution in [2.75, 3.05) is 33.4 Å². The Morgan fingerprint density at radius 2 is 2.04 bits per heavy atom. The van der Waals surface area contributed by atoms with E-state index < -0.39 is 0 Å². The van der Waals surface area contributed by atoms with Crippen LogP contribution >= 0.6 is 0 Å². The first-order valence-corrected chi connectivity index (χ1v) is 8.89. The largest absolute Gasteiger partial charge is 0.497 e. The van der Waals surface area contributed by atoms with Crippen molar-refractivity contribution in [3.63, 3.8) is 0 Å². The number of nitrogens with zero attached hydrogens (tertiary/aromatic N) is 2. The molecule has 2 aromatic rings. The lowest BCUT2D eigenvalue weighted by Gasteiger charge is -2.36. The molecule has 0 aliphatic carbocycles. The van der Waals surface area contributed by atoms with Gasteiger partial charge in [-0.15, -0.1) is 0 Å². The van der Waals surface area contributed by atoms with Gasteiger partial charge in [-0.3, -0.25) is 9.88 Å². The number of benzene rings is 1. The van der Waals surface area contributed by atoms with E-state index in [9.17, 15) is 0 Å². The van der Waals surface area contributed by atoms with Gasteiger partial charge in [0.15, 0.2) is 0 Å². The van der Waals surface area contributed by atoms with Crippen LogP contribution in [0.5, 0.6) is 5.75 Å². The quantitative estimate of drug-likeness (QED) is 0.836. The molecule has 0 unspecified atom stereocenters. The molecule has 2 heterocycles. The van der Waals surface area contributed by atoms with E-state index in [0.29, 0.717) is 5.41 Å². The first-order valence-electron chi connectivity index (χ1n) is 8.89. The van der Waals surface area contributed by atoms with Crippen LogP contribution in [0.3, 0.4) is 0 Å². The third kappa shape index (κ3) is 4.80. The molecule has 1 atom stereocenters. The fourth-order valence-electron chi connectivity index (χ4n) is 3.27. The molecule has 0 amide bonds. The van der Waals surface area contributed by atoms with E-state index in [1.165, 1.54) is 0 Å². The summed E-state index contributed by atoms with van der Waals surface area (Å²) in [5.41, 5.74) is 3.50. The topological polar surface area (TPSA) is 34.6 Å². The molecule has 1 aliphatic heterocycles. The van der Waals surface area contributed by atoms with E-state index in [1.807, 2.05) is 24.4 Å². The maximum Gasteiger partial charge on any atom is 0.119 e. The lowest BCUT2D eigenvalue weighted by molar-refractivity contribution is -0.0407. The van der Waals surface area contributed by atoms with Crippen LogP contribution in [0.2, 0.25) is 0 Å². The Morgan fingerprint density at radius 3 is 2.72 bits per heavy atom. The van der Waals surface area contributed by atoms with E-state index >= 15 is 0 Å².